The molecule has 1 fully saturated rings. The first-order chi connectivity index (χ1) is 7.22. The highest BCUT2D eigenvalue weighted by Crippen LogP contribution is 2.26. The van der Waals surface area contributed by atoms with Crippen LogP contribution in [0.2, 0.25) is 0 Å². The lowest BCUT2D eigenvalue weighted by molar-refractivity contribution is 0.185. The highest BCUT2D eigenvalue weighted by atomic mass is 16.5. The van der Waals surface area contributed by atoms with Gasteiger partial charge in [0, 0.05) is 19.7 Å². The number of ether oxygens (including phenoxy) is 1. The van der Waals surface area contributed by atoms with E-state index in [9.17, 15) is 0 Å². The van der Waals surface area contributed by atoms with Gasteiger partial charge in [-0.1, -0.05) is 0 Å². The maximum absolute atomic E-state index is 5.50. The standard InChI is InChI=1S/C10H22N4O/c1-4-14(9-5-6-9)10(13-11)12-8(2)7-15-3/h8-9H,4-7,11H2,1-3H3,(H,12,13). The topological polar surface area (TPSA) is 62.9 Å². The second-order valence-electron chi connectivity index (χ2n) is 3.92. The predicted molar refractivity (Wildman–Crippen MR) is 61.5 cm³/mol. The van der Waals surface area contributed by atoms with Gasteiger partial charge in [0.25, 0.3) is 0 Å². The van der Waals surface area contributed by atoms with Crippen LogP contribution in [-0.2, 0) is 4.74 Å². The first-order valence-electron chi connectivity index (χ1n) is 5.52. The number of hydrogen-bond acceptors (Lipinski definition) is 3. The Labute approximate surface area is 91.6 Å². The molecule has 5 nitrogen and oxygen atoms in total. The zero-order valence-corrected chi connectivity index (χ0v) is 9.86. The molecule has 0 aromatic rings. The largest absolute Gasteiger partial charge is 0.382 e. The zero-order valence-electron chi connectivity index (χ0n) is 9.86. The van der Waals surface area contributed by atoms with Crippen LogP contribution in [0.15, 0.2) is 4.99 Å². The predicted octanol–water partition coefficient (Wildman–Crippen LogP) is 0.325. The molecule has 1 atom stereocenters. The van der Waals surface area contributed by atoms with E-state index in [1.807, 2.05) is 6.92 Å². The van der Waals surface area contributed by atoms with Crippen LogP contribution in [0, 0.1) is 0 Å². The summed E-state index contributed by atoms with van der Waals surface area (Å²) in [5.74, 6) is 6.28. The minimum atomic E-state index is 0.133. The van der Waals surface area contributed by atoms with Gasteiger partial charge in [-0.15, -0.1) is 0 Å². The molecule has 0 aromatic carbocycles. The van der Waals surface area contributed by atoms with Gasteiger partial charge < -0.3 is 9.64 Å². The Balaban J connectivity index is 2.58. The summed E-state index contributed by atoms with van der Waals surface area (Å²) in [5.41, 5.74) is 2.68. The fraction of sp³-hybridized carbons (Fsp3) is 0.900. The van der Waals surface area contributed by atoms with E-state index >= 15 is 0 Å². The quantitative estimate of drug-likeness (QED) is 0.299. The molecule has 1 aliphatic carbocycles. The van der Waals surface area contributed by atoms with Gasteiger partial charge in [0.2, 0.25) is 5.96 Å². The number of hydrogen-bond donors (Lipinski definition) is 2. The Kier molecular flexibility index (Phi) is 4.84. The molecule has 0 aliphatic heterocycles. The molecule has 0 spiro atoms. The average molecular weight is 214 g/mol. The molecule has 0 amide bonds. The van der Waals surface area contributed by atoms with Gasteiger partial charge in [-0.2, -0.15) is 0 Å². The Morgan fingerprint density at radius 2 is 2.33 bits per heavy atom. The molecule has 1 rings (SSSR count). The molecule has 0 heterocycles. The molecule has 5 heteroatoms. The molecule has 0 saturated heterocycles. The third kappa shape index (κ3) is 3.68. The van der Waals surface area contributed by atoms with E-state index in [0.717, 1.165) is 12.5 Å². The minimum absolute atomic E-state index is 0.133. The van der Waals surface area contributed by atoms with Crippen molar-refractivity contribution < 1.29 is 4.74 Å². The van der Waals surface area contributed by atoms with Crippen LogP contribution in [0.25, 0.3) is 0 Å². The zero-order chi connectivity index (χ0) is 11.3. The lowest BCUT2D eigenvalue weighted by Crippen LogP contribution is -2.46. The van der Waals surface area contributed by atoms with Gasteiger partial charge in [0.05, 0.1) is 12.6 Å². The second-order valence-corrected chi connectivity index (χ2v) is 3.92. The normalized spacial score (nSPS) is 18.8. The molecule has 0 radical (unpaired) electrons. The van der Waals surface area contributed by atoms with E-state index in [-0.39, 0.29) is 6.04 Å². The van der Waals surface area contributed by atoms with Gasteiger partial charge in [-0.25, -0.2) is 10.8 Å². The number of methoxy groups -OCH3 is 1. The number of rotatable bonds is 5. The smallest absolute Gasteiger partial charge is 0.208 e. The van der Waals surface area contributed by atoms with E-state index in [4.69, 9.17) is 10.6 Å². The van der Waals surface area contributed by atoms with Crippen LogP contribution in [0.1, 0.15) is 26.7 Å². The maximum Gasteiger partial charge on any atom is 0.208 e. The lowest BCUT2D eigenvalue weighted by Gasteiger charge is -2.24. The summed E-state index contributed by atoms with van der Waals surface area (Å²) in [6, 6.07) is 0.758. The van der Waals surface area contributed by atoms with E-state index in [1.165, 1.54) is 12.8 Å². The number of nitrogens with zero attached hydrogens (tertiary/aromatic N) is 2. The summed E-state index contributed by atoms with van der Waals surface area (Å²) in [7, 11) is 1.68. The summed E-state index contributed by atoms with van der Waals surface area (Å²) < 4.78 is 5.04. The Morgan fingerprint density at radius 3 is 2.73 bits per heavy atom. The average Bonchev–Trinajstić information content (AvgIpc) is 3.02. The first-order valence-corrected chi connectivity index (χ1v) is 5.52. The number of nitrogens with two attached hydrogens (primary N) is 1. The van der Waals surface area contributed by atoms with Crippen molar-refractivity contribution in [3.05, 3.63) is 0 Å². The van der Waals surface area contributed by atoms with Crippen molar-refractivity contribution in [2.45, 2.75) is 38.8 Å². The van der Waals surface area contributed by atoms with Gasteiger partial charge in [0.1, 0.15) is 0 Å². The molecular formula is C10H22N4O. The molecule has 88 valence electrons. The SMILES string of the molecule is CCN(C(=NC(C)COC)NN)C1CC1. The number of nitrogens with one attached hydrogen (secondary N) is 1. The van der Waals surface area contributed by atoms with E-state index in [1.54, 1.807) is 7.11 Å². The Hall–Kier alpha value is -0.810. The third-order valence-corrected chi connectivity index (χ3v) is 2.48. The molecule has 1 unspecified atom stereocenters. The number of guanidine groups is 1. The monoisotopic (exact) mass is 214 g/mol. The number of aliphatic imine (C=N–C) groups is 1. The van der Waals surface area contributed by atoms with Gasteiger partial charge in [0.15, 0.2) is 0 Å². The van der Waals surface area contributed by atoms with Gasteiger partial charge >= 0.3 is 0 Å². The fourth-order valence-corrected chi connectivity index (χ4v) is 1.65. The molecule has 3 N–H and O–H groups in total. The first kappa shape index (κ1) is 12.3. The fourth-order valence-electron chi connectivity index (χ4n) is 1.65. The van der Waals surface area contributed by atoms with Crippen molar-refractivity contribution in [1.82, 2.24) is 10.3 Å². The van der Waals surface area contributed by atoms with Crippen LogP contribution >= 0.6 is 0 Å². The van der Waals surface area contributed by atoms with Crippen molar-refractivity contribution >= 4 is 5.96 Å². The van der Waals surface area contributed by atoms with Crippen LogP contribution in [-0.4, -0.2) is 43.2 Å². The summed E-state index contributed by atoms with van der Waals surface area (Å²) >= 11 is 0. The molecule has 0 aromatic heterocycles. The van der Waals surface area contributed by atoms with E-state index in [0.29, 0.717) is 12.6 Å². The van der Waals surface area contributed by atoms with Crippen LogP contribution in [0.5, 0.6) is 0 Å². The van der Waals surface area contributed by atoms with Crippen molar-refractivity contribution in [3.8, 4) is 0 Å². The van der Waals surface area contributed by atoms with Gasteiger partial charge in [-0.3, -0.25) is 5.43 Å². The summed E-state index contributed by atoms with van der Waals surface area (Å²) in [6.07, 6.45) is 2.49. The molecule has 15 heavy (non-hydrogen) atoms. The summed E-state index contributed by atoms with van der Waals surface area (Å²) in [6.45, 7) is 5.69. The molecular weight excluding hydrogens is 192 g/mol. The highest BCUT2D eigenvalue weighted by Gasteiger charge is 2.30. The molecule has 0 bridgehead atoms. The second kappa shape index (κ2) is 5.92. The third-order valence-electron chi connectivity index (χ3n) is 2.48. The van der Waals surface area contributed by atoms with Crippen molar-refractivity contribution in [2.24, 2.45) is 10.8 Å². The van der Waals surface area contributed by atoms with Crippen molar-refractivity contribution in [2.75, 3.05) is 20.3 Å². The number of hydrazine groups is 1. The summed E-state index contributed by atoms with van der Waals surface area (Å²) in [5, 5.41) is 0. The Morgan fingerprint density at radius 1 is 1.67 bits per heavy atom. The van der Waals surface area contributed by atoms with Crippen LogP contribution in [0.4, 0.5) is 0 Å². The van der Waals surface area contributed by atoms with Crippen molar-refractivity contribution in [1.29, 1.82) is 0 Å². The molecule has 1 aliphatic rings. The summed E-state index contributed by atoms with van der Waals surface area (Å²) in [4.78, 5) is 6.71. The van der Waals surface area contributed by atoms with Gasteiger partial charge in [-0.05, 0) is 26.7 Å². The maximum atomic E-state index is 5.50. The lowest BCUT2D eigenvalue weighted by atomic mass is 10.4. The highest BCUT2D eigenvalue weighted by molar-refractivity contribution is 5.80. The van der Waals surface area contributed by atoms with Crippen LogP contribution < -0.4 is 11.3 Å². The molecule has 1 saturated carbocycles. The Bertz CT molecular complexity index is 215. The van der Waals surface area contributed by atoms with Crippen LogP contribution in [0.3, 0.4) is 0 Å². The van der Waals surface area contributed by atoms with E-state index in [2.05, 4.69) is 22.2 Å². The minimum Gasteiger partial charge on any atom is -0.382 e. The van der Waals surface area contributed by atoms with E-state index < -0.39 is 0 Å². The van der Waals surface area contributed by atoms with Crippen molar-refractivity contribution in [3.63, 3.8) is 0 Å².